The van der Waals surface area contributed by atoms with Gasteiger partial charge in [0, 0.05) is 0 Å². The van der Waals surface area contributed by atoms with Gasteiger partial charge < -0.3 is 45.8 Å². The summed E-state index contributed by atoms with van der Waals surface area (Å²) in [6, 6.07) is -0.821. The molecule has 1 fully saturated rings. The molecular formula is C18H26N8O14P2. The number of nitrogens with one attached hydrogen (secondary N) is 1. The van der Waals surface area contributed by atoms with E-state index in [-0.39, 0.29) is 28.5 Å². The molecule has 0 radical (unpaired) electrons. The lowest BCUT2D eigenvalue weighted by molar-refractivity contribution is -0.0998. The number of phosphoric ester groups is 2. The van der Waals surface area contributed by atoms with Crippen molar-refractivity contribution in [3.63, 3.8) is 0 Å². The zero-order valence-corrected chi connectivity index (χ0v) is 23.0. The molecular weight excluding hydrogens is 614 g/mol. The fraction of sp³-hybridized carbons (Fsp3) is 0.611. The summed E-state index contributed by atoms with van der Waals surface area (Å²) in [4.78, 5) is 42.0. The van der Waals surface area contributed by atoms with Crippen molar-refractivity contribution in [2.24, 2.45) is 0 Å². The van der Waals surface area contributed by atoms with Gasteiger partial charge in [0.15, 0.2) is 17.4 Å². The molecule has 2 aliphatic rings. The van der Waals surface area contributed by atoms with Crippen molar-refractivity contribution in [2.45, 2.75) is 62.4 Å². The average Bonchev–Trinajstić information content (AvgIpc) is 3.60. The first kappa shape index (κ1) is 30.8. The maximum atomic E-state index is 12.4. The van der Waals surface area contributed by atoms with Crippen LogP contribution in [0.25, 0.3) is 11.2 Å². The Morgan fingerprint density at radius 3 is 2.48 bits per heavy atom. The van der Waals surface area contributed by atoms with Crippen LogP contribution < -0.4 is 11.3 Å². The number of fused-ring (bicyclic) bond motifs is 2. The zero-order chi connectivity index (χ0) is 30.7. The van der Waals surface area contributed by atoms with Crippen molar-refractivity contribution in [1.29, 1.82) is 0 Å². The van der Waals surface area contributed by atoms with Crippen molar-refractivity contribution >= 4 is 32.8 Å². The maximum Gasteiger partial charge on any atom is 0.481 e. The number of nitrogens with zero attached hydrogens (tertiary/aromatic N) is 6. The second-order valence-corrected chi connectivity index (χ2v) is 12.5. The lowest BCUT2D eigenvalue weighted by atomic mass is 9.94. The summed E-state index contributed by atoms with van der Waals surface area (Å²) in [6.07, 6.45) is -9.87. The van der Waals surface area contributed by atoms with Gasteiger partial charge in [-0.25, -0.2) is 18.8 Å². The molecule has 5 rings (SSSR count). The molecule has 10 N–H and O–H groups in total. The molecule has 0 saturated carbocycles. The van der Waals surface area contributed by atoms with Crippen LogP contribution in [0.2, 0.25) is 0 Å². The molecule has 232 valence electrons. The second kappa shape index (κ2) is 11.1. The van der Waals surface area contributed by atoms with E-state index in [9.17, 15) is 49.2 Å². The van der Waals surface area contributed by atoms with Crippen LogP contribution in [0.1, 0.15) is 36.7 Å². The third-order valence-electron chi connectivity index (χ3n) is 6.67. The monoisotopic (exact) mass is 640 g/mol. The van der Waals surface area contributed by atoms with E-state index in [4.69, 9.17) is 10.5 Å². The molecule has 0 bridgehead atoms. The standard InChI is InChI=1S/C18H26N8O14P2/c1-5-10(27)13(30)12(29)9-6(23-24-26(5)9)2-37-41(33,34)40-42(35,36)38-3-7-11(28)14(31)17(39-7)25-4-20-8-15(25)21-18(19)22-16(8)32/h4-5,7,10-14,17,27-31H,2-3H2,1H3,(H,33,34)(H,35,36)(H3,19,21,22,32)/t5-,7+,10+,11?,12?,13?,14?,17+/m0/s1. The van der Waals surface area contributed by atoms with Gasteiger partial charge in [-0.3, -0.25) is 23.4 Å². The number of aromatic nitrogens is 7. The first-order chi connectivity index (χ1) is 19.6. The molecule has 0 spiro atoms. The van der Waals surface area contributed by atoms with Crippen molar-refractivity contribution in [3.8, 4) is 0 Å². The van der Waals surface area contributed by atoms with Gasteiger partial charge in [0.2, 0.25) is 5.95 Å². The van der Waals surface area contributed by atoms with Crippen LogP contribution in [0.3, 0.4) is 0 Å². The predicted molar refractivity (Wildman–Crippen MR) is 132 cm³/mol. The minimum atomic E-state index is -5.38. The Hall–Kier alpha value is -2.69. The van der Waals surface area contributed by atoms with Gasteiger partial charge in [0.1, 0.15) is 48.9 Å². The molecule has 0 aliphatic carbocycles. The summed E-state index contributed by atoms with van der Waals surface area (Å²) >= 11 is 0. The maximum absolute atomic E-state index is 12.4. The lowest BCUT2D eigenvalue weighted by Gasteiger charge is -2.34. The summed E-state index contributed by atoms with van der Waals surface area (Å²) in [5.41, 5.74) is 4.26. The Morgan fingerprint density at radius 1 is 1.07 bits per heavy atom. The third-order valence-corrected chi connectivity index (χ3v) is 9.25. The van der Waals surface area contributed by atoms with Gasteiger partial charge in [-0.1, -0.05) is 5.21 Å². The molecule has 0 aromatic carbocycles. The molecule has 3 aromatic heterocycles. The molecule has 42 heavy (non-hydrogen) atoms. The van der Waals surface area contributed by atoms with E-state index in [0.29, 0.717) is 0 Å². The number of hydrogen-bond acceptors (Lipinski definition) is 17. The topological polar surface area (TPSA) is 333 Å². The summed E-state index contributed by atoms with van der Waals surface area (Å²) in [7, 11) is -10.7. The highest BCUT2D eigenvalue weighted by molar-refractivity contribution is 7.61. The number of phosphoric acid groups is 2. The Balaban J connectivity index is 1.21. The minimum Gasteiger partial charge on any atom is -0.388 e. The zero-order valence-electron chi connectivity index (χ0n) is 21.3. The number of nitrogen functional groups attached to an aromatic ring is 1. The molecule has 0 amide bonds. The van der Waals surface area contributed by atoms with Crippen LogP contribution in [-0.2, 0) is 33.8 Å². The first-order valence-corrected chi connectivity index (χ1v) is 15.0. The number of aliphatic hydroxyl groups excluding tert-OH is 5. The number of H-pyrrole nitrogens is 1. The van der Waals surface area contributed by atoms with Crippen LogP contribution in [0, 0.1) is 0 Å². The van der Waals surface area contributed by atoms with Crippen LogP contribution in [0.4, 0.5) is 5.95 Å². The van der Waals surface area contributed by atoms with Crippen LogP contribution >= 0.6 is 15.6 Å². The van der Waals surface area contributed by atoms with Crippen LogP contribution in [0.5, 0.6) is 0 Å². The van der Waals surface area contributed by atoms with Crippen molar-refractivity contribution < 1.29 is 62.5 Å². The van der Waals surface area contributed by atoms with Gasteiger partial charge in [-0.05, 0) is 6.92 Å². The Kier molecular flexibility index (Phi) is 8.13. The lowest BCUT2D eigenvalue weighted by Crippen LogP contribution is -2.44. The molecule has 5 heterocycles. The summed E-state index contributed by atoms with van der Waals surface area (Å²) < 4.78 is 46.1. The second-order valence-electron chi connectivity index (χ2n) is 9.44. The third kappa shape index (κ3) is 5.65. The Bertz CT molecular complexity index is 1630. The van der Waals surface area contributed by atoms with Gasteiger partial charge in [0.05, 0.1) is 24.7 Å². The number of rotatable bonds is 9. The van der Waals surface area contributed by atoms with Crippen LogP contribution in [-0.4, -0.2) is 107 Å². The van der Waals surface area contributed by atoms with E-state index in [0.717, 1.165) is 15.6 Å². The van der Waals surface area contributed by atoms with E-state index in [2.05, 4.69) is 38.6 Å². The summed E-state index contributed by atoms with van der Waals surface area (Å²) in [6.45, 7) is -0.345. The van der Waals surface area contributed by atoms with Crippen molar-refractivity contribution in [1.82, 2.24) is 34.5 Å². The number of imidazole rings is 1. The Labute approximate surface area is 233 Å². The van der Waals surface area contributed by atoms with Gasteiger partial charge in [-0.2, -0.15) is 9.29 Å². The SMILES string of the molecule is C[C@H]1[C@@H](O)C(O)C(O)c2c(COP(=O)(O)OP(=O)(O)OC[C@H]3O[C@@H](n4cnc5c(=O)[nH]c(N)nc54)C(O)C3O)nnn21. The van der Waals surface area contributed by atoms with E-state index in [1.165, 1.54) is 6.92 Å². The molecule has 10 atom stereocenters. The number of hydrogen-bond donors (Lipinski definition) is 9. The van der Waals surface area contributed by atoms with E-state index >= 15 is 0 Å². The molecule has 22 nitrogen and oxygen atoms in total. The number of ether oxygens (including phenoxy) is 1. The summed E-state index contributed by atoms with van der Waals surface area (Å²) in [5.74, 6) is -0.262. The molecule has 1 saturated heterocycles. The highest BCUT2D eigenvalue weighted by Crippen LogP contribution is 2.61. The van der Waals surface area contributed by atoms with E-state index in [1.807, 2.05) is 0 Å². The van der Waals surface area contributed by atoms with Crippen LogP contribution in [0.15, 0.2) is 11.1 Å². The summed E-state index contributed by atoms with van der Waals surface area (Å²) in [5, 5.41) is 58.5. The van der Waals surface area contributed by atoms with Crippen molar-refractivity contribution in [2.75, 3.05) is 12.3 Å². The van der Waals surface area contributed by atoms with Gasteiger partial charge >= 0.3 is 15.6 Å². The molecule has 2 aliphatic heterocycles. The largest absolute Gasteiger partial charge is 0.481 e. The highest BCUT2D eigenvalue weighted by atomic mass is 31.3. The molecule has 24 heteroatoms. The fourth-order valence-corrected chi connectivity index (χ4v) is 6.58. The quantitative estimate of drug-likeness (QED) is 0.103. The predicted octanol–water partition coefficient (Wildman–Crippen LogP) is -3.31. The molecule has 6 unspecified atom stereocenters. The highest BCUT2D eigenvalue weighted by Gasteiger charge is 2.47. The van der Waals surface area contributed by atoms with E-state index in [1.54, 1.807) is 0 Å². The van der Waals surface area contributed by atoms with Gasteiger partial charge in [-0.15, -0.1) is 5.10 Å². The van der Waals surface area contributed by atoms with E-state index < -0.39 is 83.3 Å². The molecule has 3 aromatic rings. The first-order valence-electron chi connectivity index (χ1n) is 12.0. The number of nitrogens with two attached hydrogens (primary N) is 1. The Morgan fingerprint density at radius 2 is 1.76 bits per heavy atom. The smallest absolute Gasteiger partial charge is 0.388 e. The average molecular weight is 640 g/mol. The number of aromatic amines is 1. The normalized spacial score (nSPS) is 32.5. The van der Waals surface area contributed by atoms with Crippen molar-refractivity contribution in [3.05, 3.63) is 28.1 Å². The fourth-order valence-electron chi connectivity index (χ4n) is 4.54. The minimum absolute atomic E-state index is 0.0922. The van der Waals surface area contributed by atoms with Gasteiger partial charge in [0.25, 0.3) is 5.56 Å². The number of anilines is 1. The number of aliphatic hydroxyl groups is 5.